The third-order valence-corrected chi connectivity index (χ3v) is 8.11. The largest absolute Gasteiger partial charge is 0.508 e. The Morgan fingerprint density at radius 1 is 1.03 bits per heavy atom. The van der Waals surface area contributed by atoms with Gasteiger partial charge in [-0.3, -0.25) is 0 Å². The van der Waals surface area contributed by atoms with Gasteiger partial charge in [0.25, 0.3) is 0 Å². The van der Waals surface area contributed by atoms with E-state index in [-0.39, 0.29) is 24.5 Å². The summed E-state index contributed by atoms with van der Waals surface area (Å²) in [6.07, 6.45) is -8.99. The zero-order chi connectivity index (χ0) is 24.0. The molecule has 1 aromatic rings. The van der Waals surface area contributed by atoms with Crippen LogP contribution in [0.5, 0.6) is 5.75 Å². The van der Waals surface area contributed by atoms with Gasteiger partial charge in [0.05, 0.1) is 6.10 Å². The topological polar surface area (TPSA) is 38.7 Å². The van der Waals surface area contributed by atoms with Gasteiger partial charge in [-0.25, -0.2) is 0 Å². The molecule has 3 aliphatic carbocycles. The third-order valence-electron chi connectivity index (χ3n) is 8.11. The number of fused-ring (bicyclic) bond motifs is 5. The number of alkyl halides is 6. The Balaban J connectivity index is 1.31. The van der Waals surface area contributed by atoms with Crippen LogP contribution < -0.4 is 0 Å². The Morgan fingerprint density at radius 2 is 1.76 bits per heavy atom. The predicted molar refractivity (Wildman–Crippen MR) is 109 cm³/mol. The first kappa shape index (κ1) is 24.6. The number of hydrogen-bond acceptors (Lipinski definition) is 3. The zero-order valence-corrected chi connectivity index (χ0v) is 18.5. The monoisotopic (exact) mass is 480 g/mol. The van der Waals surface area contributed by atoms with Gasteiger partial charge in [-0.1, -0.05) is 13.0 Å². The molecule has 0 heterocycles. The van der Waals surface area contributed by atoms with Gasteiger partial charge in [0.15, 0.2) is 0 Å². The Hall–Kier alpha value is -1.48. The molecular weight excluding hydrogens is 450 g/mol. The second-order valence-corrected chi connectivity index (χ2v) is 9.97. The maximum absolute atomic E-state index is 12.6. The predicted octanol–water partition coefficient (Wildman–Crippen LogP) is 6.53. The van der Waals surface area contributed by atoms with E-state index in [0.717, 1.165) is 38.5 Å². The number of aryl methyl sites for hydroxylation is 1. The maximum Gasteiger partial charge on any atom is 0.423 e. The highest BCUT2D eigenvalue weighted by atomic mass is 19.4. The molecule has 0 amide bonds. The maximum atomic E-state index is 12.6. The molecule has 1 N–H and O–H groups in total. The van der Waals surface area contributed by atoms with Crippen molar-refractivity contribution in [2.75, 3.05) is 13.2 Å². The molecule has 5 unspecified atom stereocenters. The minimum atomic E-state index is -5.48. The van der Waals surface area contributed by atoms with Crippen molar-refractivity contribution in [1.82, 2.24) is 0 Å². The van der Waals surface area contributed by atoms with E-state index >= 15 is 0 Å². The van der Waals surface area contributed by atoms with E-state index < -0.39 is 25.1 Å². The molecule has 0 aromatic heterocycles. The van der Waals surface area contributed by atoms with Crippen LogP contribution in [0.25, 0.3) is 0 Å². The Morgan fingerprint density at radius 3 is 2.45 bits per heavy atom. The lowest BCUT2D eigenvalue weighted by molar-refractivity contribution is -0.322. The standard InChI is InChI=1S/C24H30F6O3/c1-22-10-9-17-16-6-4-15(31)13-14(16)3-5-18(17)19(22)7-8-20(22)32-11-2-12-33-21(23(25,26)27)24(28,29)30/h4,6,13,17-21,31H,2-3,5,7-12H2,1H3. The van der Waals surface area contributed by atoms with Crippen molar-refractivity contribution in [3.05, 3.63) is 29.3 Å². The van der Waals surface area contributed by atoms with E-state index in [1.165, 1.54) is 11.1 Å². The summed E-state index contributed by atoms with van der Waals surface area (Å²) in [4.78, 5) is 0. The van der Waals surface area contributed by atoms with Crippen molar-refractivity contribution < 1.29 is 40.9 Å². The SMILES string of the molecule is CC12CCC3c4ccc(O)cc4CCC3C1CCC2OCCCOC(C(F)(F)F)C(F)(F)F. The molecule has 3 aliphatic rings. The molecule has 3 nitrogen and oxygen atoms in total. The van der Waals surface area contributed by atoms with Gasteiger partial charge in [-0.05, 0) is 91.4 Å². The molecule has 4 rings (SSSR count). The van der Waals surface area contributed by atoms with Crippen molar-refractivity contribution in [2.24, 2.45) is 17.3 Å². The van der Waals surface area contributed by atoms with Gasteiger partial charge >= 0.3 is 12.4 Å². The van der Waals surface area contributed by atoms with E-state index in [4.69, 9.17) is 4.74 Å². The summed E-state index contributed by atoms with van der Waals surface area (Å²) in [6, 6.07) is 5.66. The molecule has 0 bridgehead atoms. The first-order chi connectivity index (χ1) is 15.4. The van der Waals surface area contributed by atoms with E-state index in [1.807, 2.05) is 12.1 Å². The van der Waals surface area contributed by atoms with Crippen molar-refractivity contribution in [3.8, 4) is 5.75 Å². The molecule has 2 fully saturated rings. The second-order valence-electron chi connectivity index (χ2n) is 9.97. The number of halogens is 6. The summed E-state index contributed by atoms with van der Waals surface area (Å²) >= 11 is 0. The minimum Gasteiger partial charge on any atom is -0.508 e. The first-order valence-corrected chi connectivity index (χ1v) is 11.6. The summed E-state index contributed by atoms with van der Waals surface area (Å²) in [7, 11) is 0. The van der Waals surface area contributed by atoms with Gasteiger partial charge in [0.2, 0.25) is 6.10 Å². The van der Waals surface area contributed by atoms with Crippen LogP contribution in [-0.4, -0.2) is 42.9 Å². The fraction of sp³-hybridized carbons (Fsp3) is 0.750. The van der Waals surface area contributed by atoms with Crippen LogP contribution in [0.15, 0.2) is 18.2 Å². The lowest BCUT2D eigenvalue weighted by atomic mass is 9.55. The van der Waals surface area contributed by atoms with E-state index in [2.05, 4.69) is 11.7 Å². The Kier molecular flexibility index (Phi) is 6.68. The average Bonchev–Trinajstić information content (AvgIpc) is 3.04. The summed E-state index contributed by atoms with van der Waals surface area (Å²) in [5, 5.41) is 9.80. The zero-order valence-electron chi connectivity index (χ0n) is 18.5. The summed E-state index contributed by atoms with van der Waals surface area (Å²) in [5.41, 5.74) is 2.51. The Bertz CT molecular complexity index is 824. The smallest absolute Gasteiger partial charge is 0.423 e. The molecule has 0 aliphatic heterocycles. The Labute approximate surface area is 189 Å². The second kappa shape index (κ2) is 8.95. The quantitative estimate of drug-likeness (QED) is 0.372. The summed E-state index contributed by atoms with van der Waals surface area (Å²) < 4.78 is 85.5. The number of benzene rings is 1. The third kappa shape index (κ3) is 4.85. The lowest BCUT2D eigenvalue weighted by Gasteiger charge is -2.50. The molecule has 186 valence electrons. The first-order valence-electron chi connectivity index (χ1n) is 11.6. The number of ether oxygens (including phenoxy) is 2. The fourth-order valence-corrected chi connectivity index (χ4v) is 6.65. The molecule has 0 spiro atoms. The van der Waals surface area contributed by atoms with Gasteiger partial charge in [-0.15, -0.1) is 0 Å². The lowest BCUT2D eigenvalue weighted by Crippen LogP contribution is -2.45. The normalized spacial score (nSPS) is 31.9. The van der Waals surface area contributed by atoms with Crippen LogP contribution in [-0.2, 0) is 15.9 Å². The van der Waals surface area contributed by atoms with Crippen LogP contribution in [0.3, 0.4) is 0 Å². The fourth-order valence-electron chi connectivity index (χ4n) is 6.65. The number of hydrogen-bond donors (Lipinski definition) is 1. The number of phenolic OH excluding ortho intramolecular Hbond substituents is 1. The molecule has 5 atom stereocenters. The van der Waals surface area contributed by atoms with Crippen LogP contribution in [0.2, 0.25) is 0 Å². The van der Waals surface area contributed by atoms with E-state index in [0.29, 0.717) is 23.5 Å². The van der Waals surface area contributed by atoms with Gasteiger partial charge < -0.3 is 14.6 Å². The summed E-state index contributed by atoms with van der Waals surface area (Å²) in [5.74, 6) is 1.75. The highest BCUT2D eigenvalue weighted by Crippen LogP contribution is 2.61. The number of rotatable bonds is 6. The van der Waals surface area contributed by atoms with E-state index in [1.54, 1.807) is 6.07 Å². The van der Waals surface area contributed by atoms with Crippen molar-refractivity contribution in [3.63, 3.8) is 0 Å². The number of aromatic hydroxyl groups is 1. The molecule has 0 saturated heterocycles. The van der Waals surface area contributed by atoms with Crippen LogP contribution in [0, 0.1) is 17.3 Å². The molecule has 2 saturated carbocycles. The van der Waals surface area contributed by atoms with Gasteiger partial charge in [0, 0.05) is 13.2 Å². The molecule has 0 radical (unpaired) electrons. The van der Waals surface area contributed by atoms with Crippen LogP contribution in [0.4, 0.5) is 26.3 Å². The van der Waals surface area contributed by atoms with Gasteiger partial charge in [0.1, 0.15) is 5.75 Å². The van der Waals surface area contributed by atoms with E-state index in [9.17, 15) is 31.4 Å². The molecular formula is C24H30F6O3. The highest BCUT2D eigenvalue weighted by molar-refractivity contribution is 5.40. The molecule has 9 heteroatoms. The molecule has 1 aromatic carbocycles. The van der Waals surface area contributed by atoms with Crippen LogP contribution >= 0.6 is 0 Å². The minimum absolute atomic E-state index is 0.0250. The van der Waals surface area contributed by atoms with Crippen molar-refractivity contribution in [2.45, 2.75) is 82.3 Å². The van der Waals surface area contributed by atoms with Crippen LogP contribution in [0.1, 0.15) is 62.5 Å². The number of phenols is 1. The van der Waals surface area contributed by atoms with Crippen molar-refractivity contribution in [1.29, 1.82) is 0 Å². The van der Waals surface area contributed by atoms with Gasteiger partial charge in [-0.2, -0.15) is 26.3 Å². The van der Waals surface area contributed by atoms with Crippen molar-refractivity contribution >= 4 is 0 Å². The summed E-state index contributed by atoms with van der Waals surface area (Å²) in [6.45, 7) is 1.63. The molecule has 33 heavy (non-hydrogen) atoms. The average molecular weight is 480 g/mol. The highest BCUT2D eigenvalue weighted by Gasteiger charge is 2.58.